The molecule has 0 bridgehead atoms. The normalized spacial score (nSPS) is 10.4. The molecule has 0 amide bonds. The first-order valence-electron chi connectivity index (χ1n) is 6.81. The third-order valence-electron chi connectivity index (χ3n) is 3.18. The minimum absolute atomic E-state index is 0.0399. The summed E-state index contributed by atoms with van der Waals surface area (Å²) in [5.74, 6) is 0.0399. The van der Waals surface area contributed by atoms with Crippen molar-refractivity contribution in [1.82, 2.24) is 15.0 Å². The first-order chi connectivity index (χ1) is 10.6. The molecule has 0 spiro atoms. The molecule has 0 unspecified atom stereocenters. The molecule has 0 aliphatic heterocycles. The summed E-state index contributed by atoms with van der Waals surface area (Å²) in [7, 11) is 0. The summed E-state index contributed by atoms with van der Waals surface area (Å²) in [4.78, 5) is 3.99. The lowest BCUT2D eigenvalue weighted by atomic mass is 10.1. The highest BCUT2D eigenvalue weighted by molar-refractivity contribution is 5.79. The summed E-state index contributed by atoms with van der Waals surface area (Å²) in [6.07, 6.45) is 1.89. The Balaban J connectivity index is 1.89. The van der Waals surface area contributed by atoms with Gasteiger partial charge in [-0.1, -0.05) is 29.5 Å². The predicted molar refractivity (Wildman–Crippen MR) is 87.0 cm³/mol. The monoisotopic (exact) mass is 292 g/mol. The van der Waals surface area contributed by atoms with Gasteiger partial charge in [0, 0.05) is 5.56 Å². The fourth-order valence-electron chi connectivity index (χ4n) is 2.15. The number of benzene rings is 2. The van der Waals surface area contributed by atoms with E-state index in [0.29, 0.717) is 5.69 Å². The van der Waals surface area contributed by atoms with E-state index in [0.717, 1.165) is 16.9 Å². The van der Waals surface area contributed by atoms with E-state index in [9.17, 15) is 0 Å². The van der Waals surface area contributed by atoms with Gasteiger partial charge in [0.25, 0.3) is 0 Å². The Labute approximate surface area is 128 Å². The molecule has 4 N–H and O–H groups in total. The SMILES string of the molecule is Cc1cccc(-n2cc(-c3ccc(N=C(N)N)cc3)nn2)c1. The second-order valence-corrected chi connectivity index (χ2v) is 4.97. The maximum atomic E-state index is 5.36. The van der Waals surface area contributed by atoms with Gasteiger partial charge in [-0.25, -0.2) is 9.67 Å². The van der Waals surface area contributed by atoms with Gasteiger partial charge < -0.3 is 11.5 Å². The Hall–Kier alpha value is -3.15. The van der Waals surface area contributed by atoms with Gasteiger partial charge in [0.15, 0.2) is 5.96 Å². The van der Waals surface area contributed by atoms with Gasteiger partial charge in [-0.2, -0.15) is 0 Å². The second-order valence-electron chi connectivity index (χ2n) is 4.97. The standard InChI is InChI=1S/C16H16N6/c1-11-3-2-4-14(9-11)22-10-15(20-21-22)12-5-7-13(8-6-12)19-16(17)18/h2-10H,1H3,(H4,17,18,19). The van der Waals surface area contributed by atoms with E-state index in [2.05, 4.69) is 21.4 Å². The molecule has 1 heterocycles. The van der Waals surface area contributed by atoms with E-state index in [-0.39, 0.29) is 5.96 Å². The maximum Gasteiger partial charge on any atom is 0.191 e. The van der Waals surface area contributed by atoms with Crippen molar-refractivity contribution < 1.29 is 0 Å². The summed E-state index contributed by atoms with van der Waals surface area (Å²) in [6, 6.07) is 15.6. The predicted octanol–water partition coefficient (Wildman–Crippen LogP) is 2.15. The quantitative estimate of drug-likeness (QED) is 0.571. The number of nitrogens with zero attached hydrogens (tertiary/aromatic N) is 4. The molecule has 22 heavy (non-hydrogen) atoms. The molecular formula is C16H16N6. The van der Waals surface area contributed by atoms with Crippen LogP contribution in [0.3, 0.4) is 0 Å². The van der Waals surface area contributed by atoms with Crippen LogP contribution in [0.4, 0.5) is 5.69 Å². The van der Waals surface area contributed by atoms with E-state index in [4.69, 9.17) is 11.5 Å². The number of rotatable bonds is 3. The van der Waals surface area contributed by atoms with E-state index in [1.54, 1.807) is 4.68 Å². The molecular weight excluding hydrogens is 276 g/mol. The summed E-state index contributed by atoms with van der Waals surface area (Å²) in [5.41, 5.74) is 15.3. The topological polar surface area (TPSA) is 95.1 Å². The molecule has 0 aliphatic rings. The molecule has 0 fully saturated rings. The van der Waals surface area contributed by atoms with Crippen LogP contribution in [-0.2, 0) is 0 Å². The molecule has 6 heteroatoms. The molecule has 0 saturated heterocycles. The van der Waals surface area contributed by atoms with Gasteiger partial charge in [-0.05, 0) is 36.8 Å². The van der Waals surface area contributed by atoms with Crippen LogP contribution in [-0.4, -0.2) is 21.0 Å². The molecule has 0 atom stereocenters. The third kappa shape index (κ3) is 2.95. The number of hydrogen-bond acceptors (Lipinski definition) is 3. The zero-order valence-corrected chi connectivity index (χ0v) is 12.1. The molecule has 0 radical (unpaired) electrons. The lowest BCUT2D eigenvalue weighted by molar-refractivity contribution is 0.803. The number of aryl methyl sites for hydroxylation is 1. The van der Waals surface area contributed by atoms with Crippen LogP contribution < -0.4 is 11.5 Å². The Kier molecular flexibility index (Phi) is 3.57. The van der Waals surface area contributed by atoms with E-state index in [1.807, 2.05) is 55.6 Å². The van der Waals surface area contributed by atoms with Crippen molar-refractivity contribution in [3.05, 3.63) is 60.3 Å². The smallest absolute Gasteiger partial charge is 0.191 e. The van der Waals surface area contributed by atoms with Crippen LogP contribution in [0.25, 0.3) is 16.9 Å². The number of hydrogen-bond donors (Lipinski definition) is 2. The molecule has 3 aromatic rings. The molecule has 1 aromatic heterocycles. The molecule has 3 rings (SSSR count). The molecule has 0 saturated carbocycles. The highest BCUT2D eigenvalue weighted by Crippen LogP contribution is 2.21. The highest BCUT2D eigenvalue weighted by Gasteiger charge is 2.05. The van der Waals surface area contributed by atoms with Crippen LogP contribution in [0, 0.1) is 6.92 Å². The fourth-order valence-corrected chi connectivity index (χ4v) is 2.15. The van der Waals surface area contributed by atoms with Crippen molar-refractivity contribution in [2.45, 2.75) is 6.92 Å². The molecule has 110 valence electrons. The maximum absolute atomic E-state index is 5.36. The minimum Gasteiger partial charge on any atom is -0.370 e. The zero-order chi connectivity index (χ0) is 15.5. The van der Waals surface area contributed by atoms with Gasteiger partial charge in [-0.3, -0.25) is 0 Å². The van der Waals surface area contributed by atoms with Crippen molar-refractivity contribution in [1.29, 1.82) is 0 Å². The van der Waals surface area contributed by atoms with Gasteiger partial charge in [0.1, 0.15) is 5.69 Å². The Bertz CT molecular complexity index is 813. The average molecular weight is 292 g/mol. The summed E-state index contributed by atoms with van der Waals surface area (Å²) in [5, 5.41) is 8.38. The molecule has 0 aliphatic carbocycles. The van der Waals surface area contributed by atoms with Crippen molar-refractivity contribution >= 4 is 11.6 Å². The second kappa shape index (κ2) is 5.69. The summed E-state index contributed by atoms with van der Waals surface area (Å²) in [6.45, 7) is 2.05. The highest BCUT2D eigenvalue weighted by atomic mass is 15.4. The van der Waals surface area contributed by atoms with Gasteiger partial charge in [0.2, 0.25) is 0 Å². The van der Waals surface area contributed by atoms with Crippen molar-refractivity contribution in [3.63, 3.8) is 0 Å². The number of aromatic nitrogens is 3. The first kappa shape index (κ1) is 13.8. The molecule has 6 nitrogen and oxygen atoms in total. The van der Waals surface area contributed by atoms with Crippen molar-refractivity contribution in [2.24, 2.45) is 16.5 Å². The van der Waals surface area contributed by atoms with Crippen LogP contribution in [0.1, 0.15) is 5.56 Å². The van der Waals surface area contributed by atoms with Crippen molar-refractivity contribution in [3.8, 4) is 16.9 Å². The van der Waals surface area contributed by atoms with Crippen LogP contribution in [0.2, 0.25) is 0 Å². The Morgan fingerprint density at radius 2 is 1.86 bits per heavy atom. The number of guanidine groups is 1. The lowest BCUT2D eigenvalue weighted by Crippen LogP contribution is -2.21. The van der Waals surface area contributed by atoms with Gasteiger partial charge in [0.05, 0.1) is 17.6 Å². The zero-order valence-electron chi connectivity index (χ0n) is 12.1. The van der Waals surface area contributed by atoms with E-state index >= 15 is 0 Å². The van der Waals surface area contributed by atoms with Crippen LogP contribution >= 0.6 is 0 Å². The molecule has 2 aromatic carbocycles. The minimum atomic E-state index is 0.0399. The number of nitrogens with two attached hydrogens (primary N) is 2. The largest absolute Gasteiger partial charge is 0.370 e. The fraction of sp³-hybridized carbons (Fsp3) is 0.0625. The van der Waals surface area contributed by atoms with E-state index < -0.39 is 0 Å². The summed E-state index contributed by atoms with van der Waals surface area (Å²) < 4.78 is 1.76. The van der Waals surface area contributed by atoms with Crippen LogP contribution in [0.15, 0.2) is 59.7 Å². The lowest BCUT2D eigenvalue weighted by Gasteiger charge is -2.00. The Morgan fingerprint density at radius 1 is 1.09 bits per heavy atom. The van der Waals surface area contributed by atoms with E-state index in [1.165, 1.54) is 5.56 Å². The first-order valence-corrected chi connectivity index (χ1v) is 6.81. The third-order valence-corrected chi connectivity index (χ3v) is 3.18. The Morgan fingerprint density at radius 3 is 2.55 bits per heavy atom. The van der Waals surface area contributed by atoms with Gasteiger partial charge in [-0.15, -0.1) is 5.10 Å². The summed E-state index contributed by atoms with van der Waals surface area (Å²) >= 11 is 0. The van der Waals surface area contributed by atoms with Crippen molar-refractivity contribution in [2.75, 3.05) is 0 Å². The van der Waals surface area contributed by atoms with Gasteiger partial charge >= 0.3 is 0 Å². The number of aliphatic imine (C=N–C) groups is 1. The average Bonchev–Trinajstić information content (AvgIpc) is 2.97. The van der Waals surface area contributed by atoms with Crippen LogP contribution in [0.5, 0.6) is 0 Å².